The van der Waals surface area contributed by atoms with Gasteiger partial charge in [0.2, 0.25) is 5.95 Å². The summed E-state index contributed by atoms with van der Waals surface area (Å²) in [7, 11) is 0. The molecule has 6 nitrogen and oxygen atoms in total. The minimum atomic E-state index is -0.230. The van der Waals surface area contributed by atoms with E-state index in [4.69, 9.17) is 5.73 Å². The topological polar surface area (TPSA) is 85.8 Å². The van der Waals surface area contributed by atoms with Crippen LogP contribution in [0.3, 0.4) is 0 Å². The molecule has 2 heterocycles. The van der Waals surface area contributed by atoms with Gasteiger partial charge in [0.05, 0.1) is 4.88 Å². The monoisotopic (exact) mass is 209 g/mol. The van der Waals surface area contributed by atoms with Gasteiger partial charge in [0.25, 0.3) is 5.91 Å². The van der Waals surface area contributed by atoms with Gasteiger partial charge >= 0.3 is 0 Å². The molecule has 0 bridgehead atoms. The molecule has 2 rings (SSSR count). The molecule has 2 aromatic rings. The molecule has 0 aliphatic rings. The van der Waals surface area contributed by atoms with Crippen molar-refractivity contribution in [1.82, 2.24) is 14.9 Å². The van der Waals surface area contributed by atoms with E-state index in [1.54, 1.807) is 12.1 Å². The third-order valence-corrected chi connectivity index (χ3v) is 2.41. The average Bonchev–Trinajstić information content (AvgIpc) is 2.77. The van der Waals surface area contributed by atoms with E-state index < -0.39 is 0 Å². The number of nitrogens with two attached hydrogens (primary N) is 1. The van der Waals surface area contributed by atoms with Crippen LogP contribution in [0.15, 0.2) is 23.8 Å². The quantitative estimate of drug-likeness (QED) is 0.745. The summed E-state index contributed by atoms with van der Waals surface area (Å²) in [6.45, 7) is 0. The van der Waals surface area contributed by atoms with Gasteiger partial charge in [-0.3, -0.25) is 10.2 Å². The maximum atomic E-state index is 11.5. The lowest BCUT2D eigenvalue weighted by Gasteiger charge is -2.03. The summed E-state index contributed by atoms with van der Waals surface area (Å²) < 4.78 is 1.27. The predicted molar refractivity (Wildman–Crippen MR) is 52.4 cm³/mol. The van der Waals surface area contributed by atoms with E-state index in [-0.39, 0.29) is 11.9 Å². The first-order chi connectivity index (χ1) is 6.77. The molecular formula is C7H7N5OS. The Balaban J connectivity index is 2.13. The Kier molecular flexibility index (Phi) is 2.15. The number of aromatic nitrogens is 3. The lowest BCUT2D eigenvalue weighted by atomic mass is 10.4. The average molecular weight is 209 g/mol. The molecule has 0 aliphatic heterocycles. The molecule has 1 amide bonds. The zero-order chi connectivity index (χ0) is 9.97. The van der Waals surface area contributed by atoms with E-state index in [0.717, 1.165) is 0 Å². The van der Waals surface area contributed by atoms with Crippen LogP contribution < -0.4 is 11.2 Å². The first-order valence-corrected chi connectivity index (χ1v) is 4.65. The minimum Gasteiger partial charge on any atom is -0.366 e. The molecule has 0 atom stereocenters. The SMILES string of the molecule is Nc1nncn1NC(=O)c1cccs1. The van der Waals surface area contributed by atoms with E-state index >= 15 is 0 Å². The van der Waals surface area contributed by atoms with Crippen LogP contribution in [0.25, 0.3) is 0 Å². The highest BCUT2D eigenvalue weighted by molar-refractivity contribution is 7.12. The molecule has 7 heteroatoms. The molecule has 72 valence electrons. The third kappa shape index (κ3) is 1.57. The Morgan fingerprint density at radius 2 is 2.50 bits per heavy atom. The number of nitrogens with zero attached hydrogens (tertiary/aromatic N) is 3. The van der Waals surface area contributed by atoms with E-state index in [0.29, 0.717) is 4.88 Å². The van der Waals surface area contributed by atoms with E-state index in [1.807, 2.05) is 5.38 Å². The molecule has 2 aromatic heterocycles. The van der Waals surface area contributed by atoms with E-state index in [9.17, 15) is 4.79 Å². The van der Waals surface area contributed by atoms with Crippen LogP contribution in [0, 0.1) is 0 Å². The number of nitrogens with one attached hydrogen (secondary N) is 1. The van der Waals surface area contributed by atoms with E-state index in [1.165, 1.54) is 22.3 Å². The van der Waals surface area contributed by atoms with Gasteiger partial charge in [0.15, 0.2) is 0 Å². The first-order valence-electron chi connectivity index (χ1n) is 3.78. The minimum absolute atomic E-state index is 0.148. The highest BCUT2D eigenvalue weighted by Crippen LogP contribution is 2.08. The molecule has 3 N–H and O–H groups in total. The highest BCUT2D eigenvalue weighted by Gasteiger charge is 2.07. The summed E-state index contributed by atoms with van der Waals surface area (Å²) in [6, 6.07) is 3.52. The van der Waals surface area contributed by atoms with Crippen LogP contribution >= 0.6 is 11.3 Å². The van der Waals surface area contributed by atoms with Crippen LogP contribution in [0.4, 0.5) is 5.95 Å². The molecule has 0 spiro atoms. The molecule has 0 aromatic carbocycles. The second kappa shape index (κ2) is 3.46. The molecule has 14 heavy (non-hydrogen) atoms. The smallest absolute Gasteiger partial charge is 0.280 e. The van der Waals surface area contributed by atoms with Crippen molar-refractivity contribution < 1.29 is 4.79 Å². The van der Waals surface area contributed by atoms with Gasteiger partial charge in [-0.05, 0) is 11.4 Å². The Morgan fingerprint density at radius 3 is 3.07 bits per heavy atom. The summed E-state index contributed by atoms with van der Waals surface area (Å²) in [6.07, 6.45) is 1.33. The molecule has 0 saturated heterocycles. The Labute approximate surface area is 83.3 Å². The zero-order valence-electron chi connectivity index (χ0n) is 7.04. The summed E-state index contributed by atoms with van der Waals surface area (Å²) >= 11 is 1.35. The number of anilines is 1. The number of carbonyl (C=O) groups excluding carboxylic acids is 1. The van der Waals surface area contributed by atoms with Crippen molar-refractivity contribution in [2.24, 2.45) is 0 Å². The predicted octanol–water partition coefficient (Wildman–Crippen LogP) is 0.306. The van der Waals surface area contributed by atoms with Gasteiger partial charge in [0.1, 0.15) is 6.33 Å². The number of thiophene rings is 1. The molecule has 0 fully saturated rings. The van der Waals surface area contributed by atoms with Crippen molar-refractivity contribution in [3.8, 4) is 0 Å². The highest BCUT2D eigenvalue weighted by atomic mass is 32.1. The van der Waals surface area contributed by atoms with Crippen LogP contribution in [-0.2, 0) is 0 Å². The molecular weight excluding hydrogens is 202 g/mol. The second-order valence-electron chi connectivity index (χ2n) is 2.48. The number of amides is 1. The fourth-order valence-corrected chi connectivity index (χ4v) is 1.52. The summed E-state index contributed by atoms with van der Waals surface area (Å²) in [5.74, 6) is -0.0820. The lowest BCUT2D eigenvalue weighted by molar-refractivity contribution is 0.101. The standard InChI is InChI=1S/C7H7N5OS/c8-7-10-9-4-12(7)11-6(13)5-2-1-3-14-5/h1-4H,(H2,8,10)(H,11,13). The maximum absolute atomic E-state index is 11.5. The normalized spacial score (nSPS) is 10.0. The number of rotatable bonds is 2. The number of hydrogen-bond acceptors (Lipinski definition) is 5. The molecule has 0 radical (unpaired) electrons. The lowest BCUT2D eigenvalue weighted by Crippen LogP contribution is -2.22. The largest absolute Gasteiger partial charge is 0.366 e. The summed E-state index contributed by atoms with van der Waals surface area (Å²) in [5, 5.41) is 8.89. The van der Waals surface area contributed by atoms with Gasteiger partial charge in [-0.15, -0.1) is 21.5 Å². The Hall–Kier alpha value is -1.89. The fraction of sp³-hybridized carbons (Fsp3) is 0. The van der Waals surface area contributed by atoms with E-state index in [2.05, 4.69) is 15.6 Å². The Bertz CT molecular complexity index is 435. The van der Waals surface area contributed by atoms with Crippen molar-refractivity contribution in [2.75, 3.05) is 11.2 Å². The van der Waals surface area contributed by atoms with Crippen molar-refractivity contribution in [3.63, 3.8) is 0 Å². The molecule has 0 aliphatic carbocycles. The summed E-state index contributed by atoms with van der Waals surface area (Å²) in [4.78, 5) is 12.1. The zero-order valence-corrected chi connectivity index (χ0v) is 7.86. The fourth-order valence-electron chi connectivity index (χ4n) is 0.902. The number of nitrogen functional groups attached to an aromatic ring is 1. The summed E-state index contributed by atoms with van der Waals surface area (Å²) in [5.41, 5.74) is 7.95. The maximum Gasteiger partial charge on any atom is 0.280 e. The van der Waals surface area contributed by atoms with Gasteiger partial charge < -0.3 is 5.73 Å². The second-order valence-corrected chi connectivity index (χ2v) is 3.43. The van der Waals surface area contributed by atoms with Gasteiger partial charge in [-0.2, -0.15) is 0 Å². The van der Waals surface area contributed by atoms with Crippen LogP contribution in [0.2, 0.25) is 0 Å². The van der Waals surface area contributed by atoms with Gasteiger partial charge in [0, 0.05) is 0 Å². The molecule has 0 unspecified atom stereocenters. The van der Waals surface area contributed by atoms with Crippen LogP contribution in [-0.4, -0.2) is 20.8 Å². The van der Waals surface area contributed by atoms with Crippen LogP contribution in [0.5, 0.6) is 0 Å². The van der Waals surface area contributed by atoms with Crippen molar-refractivity contribution in [3.05, 3.63) is 28.7 Å². The Morgan fingerprint density at radius 1 is 1.64 bits per heavy atom. The third-order valence-electron chi connectivity index (χ3n) is 1.54. The van der Waals surface area contributed by atoms with Gasteiger partial charge in [-0.1, -0.05) is 6.07 Å². The van der Waals surface area contributed by atoms with Crippen molar-refractivity contribution in [2.45, 2.75) is 0 Å². The number of carbonyl (C=O) groups is 1. The molecule has 0 saturated carbocycles. The first kappa shape index (κ1) is 8.70. The van der Waals surface area contributed by atoms with Crippen molar-refractivity contribution >= 4 is 23.2 Å². The number of hydrogen-bond donors (Lipinski definition) is 2. The van der Waals surface area contributed by atoms with Crippen LogP contribution in [0.1, 0.15) is 9.67 Å². The van der Waals surface area contributed by atoms with Gasteiger partial charge in [-0.25, -0.2) is 4.68 Å². The van der Waals surface area contributed by atoms with Crippen molar-refractivity contribution in [1.29, 1.82) is 0 Å².